The number of fused-ring (bicyclic) bond motifs is 5. The molecule has 1 saturated carbocycles. The van der Waals surface area contributed by atoms with E-state index in [0.29, 0.717) is 23.7 Å². The van der Waals surface area contributed by atoms with Crippen LogP contribution < -0.4 is 5.32 Å². The van der Waals surface area contributed by atoms with Gasteiger partial charge in [-0.2, -0.15) is 0 Å². The lowest BCUT2D eigenvalue weighted by Crippen LogP contribution is -2.29. The molecule has 0 saturated heterocycles. The normalized spacial score (nSPS) is 29.7. The van der Waals surface area contributed by atoms with Crippen LogP contribution >= 0.6 is 0 Å². The predicted molar refractivity (Wildman–Crippen MR) is 225 cm³/mol. The van der Waals surface area contributed by atoms with Gasteiger partial charge in [0, 0.05) is 22.9 Å². The van der Waals surface area contributed by atoms with Crippen LogP contribution in [0, 0.1) is 34.5 Å². The van der Waals surface area contributed by atoms with Crippen molar-refractivity contribution in [3.8, 4) is 0 Å². The van der Waals surface area contributed by atoms with Gasteiger partial charge in [0.2, 0.25) is 0 Å². The van der Waals surface area contributed by atoms with Crippen molar-refractivity contribution in [1.82, 2.24) is 5.32 Å². The molecule has 6 aliphatic carbocycles. The molecule has 1 N–H and O–H groups in total. The third-order valence-electron chi connectivity index (χ3n) is 13.8. The number of allylic oxidation sites excluding steroid dienone is 17. The Morgan fingerprint density at radius 2 is 1.50 bits per heavy atom. The highest BCUT2D eigenvalue weighted by molar-refractivity contribution is 6.09. The largest absolute Gasteiger partial charge is 0.363 e. The molecule has 10 rings (SSSR count). The van der Waals surface area contributed by atoms with E-state index < -0.39 is 0 Å². The number of hydrogen-bond acceptors (Lipinski definition) is 2. The maximum atomic E-state index is 5.29. The number of hydrogen-bond donors (Lipinski definition) is 1. The van der Waals surface area contributed by atoms with Crippen molar-refractivity contribution >= 4 is 11.3 Å². The molecule has 54 heavy (non-hydrogen) atoms. The summed E-state index contributed by atoms with van der Waals surface area (Å²) < 4.78 is 0. The second-order valence-corrected chi connectivity index (χ2v) is 17.5. The van der Waals surface area contributed by atoms with Crippen LogP contribution in [0.3, 0.4) is 0 Å². The van der Waals surface area contributed by atoms with Gasteiger partial charge in [-0.1, -0.05) is 179 Å². The molecule has 0 bridgehead atoms. The Hall–Kier alpha value is -5.21. The van der Waals surface area contributed by atoms with E-state index in [-0.39, 0.29) is 22.9 Å². The molecular weight excluding hydrogens is 653 g/mol. The Kier molecular flexibility index (Phi) is 7.84. The van der Waals surface area contributed by atoms with E-state index in [1.54, 1.807) is 22.3 Å². The fraction of sp³-hybridized carbons (Fsp3) is 0.288. The molecule has 0 amide bonds. The van der Waals surface area contributed by atoms with E-state index in [4.69, 9.17) is 4.99 Å². The zero-order valence-corrected chi connectivity index (χ0v) is 32.0. The zero-order valence-electron chi connectivity index (χ0n) is 32.0. The summed E-state index contributed by atoms with van der Waals surface area (Å²) in [5.74, 6) is 2.40. The van der Waals surface area contributed by atoms with E-state index >= 15 is 0 Å². The monoisotopic (exact) mass is 702 g/mol. The molecule has 0 spiro atoms. The Bertz CT molecular complexity index is 2330. The van der Waals surface area contributed by atoms with Crippen molar-refractivity contribution in [2.75, 3.05) is 0 Å². The van der Waals surface area contributed by atoms with E-state index in [2.05, 4.69) is 185 Å². The van der Waals surface area contributed by atoms with Crippen molar-refractivity contribution in [1.29, 1.82) is 0 Å². The summed E-state index contributed by atoms with van der Waals surface area (Å²) in [5.41, 5.74) is 16.6. The van der Waals surface area contributed by atoms with Gasteiger partial charge < -0.3 is 5.32 Å². The predicted octanol–water partition coefficient (Wildman–Crippen LogP) is 12.3. The third-order valence-corrected chi connectivity index (χ3v) is 13.8. The second kappa shape index (κ2) is 12.7. The highest BCUT2D eigenvalue weighted by Gasteiger charge is 2.54. The SMILES string of the molecule is CC1(C)C2=CC3C(C=C2C2=C1C=CC(c1ccc(C4=NC(c5ccccc5)NC(C5C=CC(c6ccccc6)=CC5)=C4)cc1)C2)C1CC=CC=C1C3(C)C. The number of benzene rings is 3. The number of rotatable bonds is 5. The van der Waals surface area contributed by atoms with Gasteiger partial charge in [-0.3, -0.25) is 4.99 Å². The molecule has 3 aromatic rings. The summed E-state index contributed by atoms with van der Waals surface area (Å²) in [4.78, 5) is 5.29. The van der Waals surface area contributed by atoms with E-state index in [1.807, 2.05) is 0 Å². The van der Waals surface area contributed by atoms with Crippen LogP contribution in [0.5, 0.6) is 0 Å². The van der Waals surface area contributed by atoms with Gasteiger partial charge >= 0.3 is 0 Å². The molecule has 3 aromatic carbocycles. The van der Waals surface area contributed by atoms with E-state index in [0.717, 1.165) is 18.6 Å². The highest BCUT2D eigenvalue weighted by atomic mass is 15.1. The first-order valence-electron chi connectivity index (χ1n) is 20.1. The maximum absolute atomic E-state index is 5.29. The van der Waals surface area contributed by atoms with Gasteiger partial charge in [-0.15, -0.1) is 0 Å². The number of nitrogens with zero attached hydrogens (tertiary/aromatic N) is 1. The Morgan fingerprint density at radius 1 is 0.741 bits per heavy atom. The summed E-state index contributed by atoms with van der Waals surface area (Å²) in [7, 11) is 0. The summed E-state index contributed by atoms with van der Waals surface area (Å²) in [6, 6.07) is 30.6. The fourth-order valence-electron chi connectivity index (χ4n) is 10.8. The smallest absolute Gasteiger partial charge is 0.145 e. The van der Waals surface area contributed by atoms with Crippen LogP contribution in [0.4, 0.5) is 0 Å². The van der Waals surface area contributed by atoms with Crippen molar-refractivity contribution in [2.45, 2.75) is 59.0 Å². The fourth-order valence-corrected chi connectivity index (χ4v) is 10.8. The Labute approximate surface area is 321 Å². The molecule has 2 nitrogen and oxygen atoms in total. The van der Waals surface area contributed by atoms with Crippen LogP contribution in [-0.4, -0.2) is 5.71 Å². The van der Waals surface area contributed by atoms with Crippen LogP contribution in [0.1, 0.15) is 81.3 Å². The topological polar surface area (TPSA) is 24.4 Å². The first-order chi connectivity index (χ1) is 26.3. The molecule has 6 atom stereocenters. The second-order valence-electron chi connectivity index (χ2n) is 17.5. The summed E-state index contributed by atoms with van der Waals surface area (Å²) in [6.07, 6.45) is 29.8. The average molecular weight is 703 g/mol. The van der Waals surface area contributed by atoms with Gasteiger partial charge in [-0.25, -0.2) is 0 Å². The number of nitrogens with one attached hydrogen (secondary N) is 1. The van der Waals surface area contributed by atoms with Crippen molar-refractivity contribution < 1.29 is 0 Å². The minimum atomic E-state index is -0.126. The van der Waals surface area contributed by atoms with Gasteiger partial charge in [0.15, 0.2) is 0 Å². The van der Waals surface area contributed by atoms with Gasteiger partial charge in [-0.05, 0) is 98.6 Å². The van der Waals surface area contributed by atoms with Crippen LogP contribution in [0.2, 0.25) is 0 Å². The zero-order chi connectivity index (χ0) is 36.6. The van der Waals surface area contributed by atoms with Crippen molar-refractivity contribution in [2.24, 2.45) is 39.5 Å². The lowest BCUT2D eigenvalue weighted by atomic mass is 9.69. The van der Waals surface area contributed by atoms with Crippen LogP contribution in [0.15, 0.2) is 190 Å². The quantitative estimate of drug-likeness (QED) is 0.281. The summed E-state index contributed by atoms with van der Waals surface area (Å²) in [6.45, 7) is 9.88. The minimum absolute atomic E-state index is 0.0346. The highest BCUT2D eigenvalue weighted by Crippen LogP contribution is 2.64. The summed E-state index contributed by atoms with van der Waals surface area (Å²) in [5, 5.41) is 3.80. The number of aliphatic imine (C=N–C) groups is 1. The van der Waals surface area contributed by atoms with Crippen LogP contribution in [0.25, 0.3) is 5.57 Å². The third kappa shape index (κ3) is 5.40. The molecule has 2 heteroatoms. The minimum Gasteiger partial charge on any atom is -0.363 e. The standard InChI is InChI=1S/C52H50N2/c1-51(2)44-18-12-11-17-40(44)42-30-43-41-29-39(27-28-45(41)52(3,4)47(43)31-46(42)51)35-21-25-37(26-22-35)49-32-48(53-50(54-49)38-15-9-6-10-16-38)36-23-19-34(20-24-36)33-13-7-5-8-14-33/h5-16,18-23,25-28,30-32,36,39-40,42,46,50,53H,17,24,29H2,1-4H3. The maximum Gasteiger partial charge on any atom is 0.145 e. The van der Waals surface area contributed by atoms with Gasteiger partial charge in [0.25, 0.3) is 0 Å². The van der Waals surface area contributed by atoms with Gasteiger partial charge in [0.05, 0.1) is 5.71 Å². The molecule has 1 heterocycles. The first-order valence-corrected chi connectivity index (χ1v) is 20.1. The molecule has 0 aromatic heterocycles. The van der Waals surface area contributed by atoms with Crippen LogP contribution in [-0.2, 0) is 0 Å². The van der Waals surface area contributed by atoms with E-state index in [1.165, 1.54) is 45.5 Å². The lowest BCUT2D eigenvalue weighted by molar-refractivity contribution is 0.315. The van der Waals surface area contributed by atoms with Crippen molar-refractivity contribution in [3.63, 3.8) is 0 Å². The van der Waals surface area contributed by atoms with E-state index in [9.17, 15) is 0 Å². The lowest BCUT2D eigenvalue weighted by Gasteiger charge is -2.34. The Morgan fingerprint density at radius 3 is 2.26 bits per heavy atom. The molecule has 6 unspecified atom stereocenters. The Balaban J connectivity index is 0.919. The first kappa shape index (κ1) is 33.4. The molecular formula is C52H50N2. The molecule has 1 aliphatic heterocycles. The molecule has 1 fully saturated rings. The van der Waals surface area contributed by atoms with Gasteiger partial charge in [0.1, 0.15) is 6.17 Å². The molecule has 268 valence electrons. The molecule has 0 radical (unpaired) electrons. The summed E-state index contributed by atoms with van der Waals surface area (Å²) >= 11 is 0. The molecule has 7 aliphatic rings. The van der Waals surface area contributed by atoms with Crippen molar-refractivity contribution in [3.05, 3.63) is 208 Å². The average Bonchev–Trinajstić information content (AvgIpc) is 3.59.